The van der Waals surface area contributed by atoms with E-state index in [-0.39, 0.29) is 5.69 Å². The summed E-state index contributed by atoms with van der Waals surface area (Å²) in [6.45, 7) is 0. The topological polar surface area (TPSA) is 52.4 Å². The fraction of sp³-hybridized carbons (Fsp3) is 0.500. The lowest BCUT2D eigenvalue weighted by Gasteiger charge is -2.14. The number of rotatable bonds is 3. The van der Waals surface area contributed by atoms with E-state index in [2.05, 4.69) is 15.9 Å². The largest absolute Gasteiger partial charge is 0.496 e. The van der Waals surface area contributed by atoms with Gasteiger partial charge in [-0.25, -0.2) is 0 Å². The molecule has 1 fully saturated rings. The minimum Gasteiger partial charge on any atom is -0.496 e. The zero-order valence-corrected chi connectivity index (χ0v) is 11.2. The standard InChI is InChI=1S/C12H14BrNO3/c1-17-12-7-11(14(15)16)10(13)6-9(12)8-4-2-3-5-8/h6-8H,2-5H2,1H3. The van der Waals surface area contributed by atoms with Gasteiger partial charge < -0.3 is 4.74 Å². The second kappa shape index (κ2) is 5.04. The third-order valence-electron chi connectivity index (χ3n) is 3.29. The molecule has 0 unspecified atom stereocenters. The maximum Gasteiger partial charge on any atom is 0.287 e. The number of nitrogens with zero attached hydrogens (tertiary/aromatic N) is 1. The van der Waals surface area contributed by atoms with E-state index in [9.17, 15) is 10.1 Å². The Morgan fingerprint density at radius 3 is 2.59 bits per heavy atom. The van der Waals surface area contributed by atoms with Gasteiger partial charge in [-0.1, -0.05) is 12.8 Å². The van der Waals surface area contributed by atoms with Gasteiger partial charge in [0.15, 0.2) is 0 Å². The summed E-state index contributed by atoms with van der Waals surface area (Å²) >= 11 is 3.26. The molecule has 0 atom stereocenters. The van der Waals surface area contributed by atoms with Gasteiger partial charge in [-0.15, -0.1) is 0 Å². The lowest BCUT2D eigenvalue weighted by atomic mass is 9.96. The normalized spacial score (nSPS) is 16.1. The average Bonchev–Trinajstić information content (AvgIpc) is 2.81. The molecule has 1 aliphatic carbocycles. The number of halogens is 1. The molecule has 1 aliphatic rings. The SMILES string of the molecule is COc1cc([N+](=O)[O-])c(Br)cc1C1CCCC1. The first-order valence-corrected chi connectivity index (χ1v) is 6.44. The van der Waals surface area contributed by atoms with Crippen LogP contribution in [0, 0.1) is 10.1 Å². The molecule has 0 spiro atoms. The lowest BCUT2D eigenvalue weighted by molar-refractivity contribution is -0.385. The highest BCUT2D eigenvalue weighted by molar-refractivity contribution is 9.10. The van der Waals surface area contributed by atoms with Gasteiger partial charge in [-0.3, -0.25) is 10.1 Å². The van der Waals surface area contributed by atoms with Crippen LogP contribution in [0.4, 0.5) is 5.69 Å². The van der Waals surface area contributed by atoms with E-state index in [1.54, 1.807) is 7.11 Å². The molecule has 92 valence electrons. The molecule has 0 saturated heterocycles. The quantitative estimate of drug-likeness (QED) is 0.625. The molecule has 0 aromatic heterocycles. The molecule has 0 amide bonds. The Labute approximate surface area is 108 Å². The van der Waals surface area contributed by atoms with E-state index < -0.39 is 4.92 Å². The van der Waals surface area contributed by atoms with E-state index in [0.717, 1.165) is 18.4 Å². The Morgan fingerprint density at radius 2 is 2.06 bits per heavy atom. The Hall–Kier alpha value is -1.10. The third kappa shape index (κ3) is 2.44. The van der Waals surface area contributed by atoms with Crippen LogP contribution in [0.15, 0.2) is 16.6 Å². The second-order valence-corrected chi connectivity index (χ2v) is 5.14. The van der Waals surface area contributed by atoms with Crippen molar-refractivity contribution in [1.29, 1.82) is 0 Å². The van der Waals surface area contributed by atoms with E-state index in [1.165, 1.54) is 18.9 Å². The Balaban J connectivity index is 2.44. The predicted octanol–water partition coefficient (Wildman–Crippen LogP) is 4.02. The number of ether oxygens (including phenoxy) is 1. The molecule has 0 aliphatic heterocycles. The highest BCUT2D eigenvalue weighted by atomic mass is 79.9. The van der Waals surface area contributed by atoms with Gasteiger partial charge in [-0.05, 0) is 46.3 Å². The van der Waals surface area contributed by atoms with Crippen LogP contribution in [0.1, 0.15) is 37.2 Å². The second-order valence-electron chi connectivity index (χ2n) is 4.28. The fourth-order valence-electron chi connectivity index (χ4n) is 2.43. The van der Waals surface area contributed by atoms with Crippen LogP contribution in [0.25, 0.3) is 0 Å². The van der Waals surface area contributed by atoms with E-state index in [1.807, 2.05) is 6.07 Å². The van der Waals surface area contributed by atoms with Gasteiger partial charge in [0.25, 0.3) is 5.69 Å². The molecule has 1 aromatic rings. The van der Waals surface area contributed by atoms with Crippen LogP contribution in [-0.2, 0) is 0 Å². The van der Waals surface area contributed by atoms with Crippen LogP contribution < -0.4 is 4.74 Å². The van der Waals surface area contributed by atoms with Crippen molar-refractivity contribution in [3.05, 3.63) is 32.3 Å². The molecule has 17 heavy (non-hydrogen) atoms. The summed E-state index contributed by atoms with van der Waals surface area (Å²) in [6.07, 6.45) is 4.73. The number of hydrogen-bond acceptors (Lipinski definition) is 3. The number of hydrogen-bond donors (Lipinski definition) is 0. The molecule has 1 saturated carbocycles. The van der Waals surface area contributed by atoms with E-state index in [0.29, 0.717) is 16.1 Å². The number of nitro benzene ring substituents is 1. The highest BCUT2D eigenvalue weighted by Gasteiger charge is 2.24. The van der Waals surface area contributed by atoms with Crippen molar-refractivity contribution in [3.8, 4) is 5.75 Å². The maximum atomic E-state index is 10.8. The van der Waals surface area contributed by atoms with Crippen LogP contribution in [0.2, 0.25) is 0 Å². The van der Waals surface area contributed by atoms with Crippen molar-refractivity contribution in [2.75, 3.05) is 7.11 Å². The highest BCUT2D eigenvalue weighted by Crippen LogP contribution is 2.42. The summed E-state index contributed by atoms with van der Waals surface area (Å²) in [5.41, 5.74) is 1.14. The van der Waals surface area contributed by atoms with Crippen molar-refractivity contribution in [1.82, 2.24) is 0 Å². The van der Waals surface area contributed by atoms with Gasteiger partial charge in [0, 0.05) is 0 Å². The van der Waals surface area contributed by atoms with Gasteiger partial charge in [0.1, 0.15) is 5.75 Å². The van der Waals surface area contributed by atoms with Crippen molar-refractivity contribution in [2.45, 2.75) is 31.6 Å². The molecule has 5 heteroatoms. The first-order valence-electron chi connectivity index (χ1n) is 5.65. The summed E-state index contributed by atoms with van der Waals surface area (Å²) in [5, 5.41) is 10.8. The molecule has 4 nitrogen and oxygen atoms in total. The fourth-order valence-corrected chi connectivity index (χ4v) is 2.94. The minimum absolute atomic E-state index is 0.0589. The van der Waals surface area contributed by atoms with Crippen molar-refractivity contribution in [2.24, 2.45) is 0 Å². The zero-order valence-electron chi connectivity index (χ0n) is 9.61. The van der Waals surface area contributed by atoms with E-state index in [4.69, 9.17) is 4.74 Å². The molecule has 0 heterocycles. The maximum absolute atomic E-state index is 10.8. The Bertz CT molecular complexity index is 442. The summed E-state index contributed by atoms with van der Waals surface area (Å²) in [5.74, 6) is 1.11. The lowest BCUT2D eigenvalue weighted by Crippen LogP contribution is -2.00. The monoisotopic (exact) mass is 299 g/mol. The number of benzene rings is 1. The smallest absolute Gasteiger partial charge is 0.287 e. The number of methoxy groups -OCH3 is 1. The average molecular weight is 300 g/mol. The summed E-state index contributed by atoms with van der Waals surface area (Å²) in [6, 6.07) is 3.35. The minimum atomic E-state index is -0.398. The number of nitro groups is 1. The zero-order chi connectivity index (χ0) is 12.4. The summed E-state index contributed by atoms with van der Waals surface area (Å²) in [4.78, 5) is 10.4. The third-order valence-corrected chi connectivity index (χ3v) is 3.93. The van der Waals surface area contributed by atoms with Gasteiger partial charge in [0.05, 0.1) is 22.6 Å². The van der Waals surface area contributed by atoms with E-state index >= 15 is 0 Å². The molecule has 0 radical (unpaired) electrons. The molecule has 2 rings (SSSR count). The summed E-state index contributed by atoms with van der Waals surface area (Å²) in [7, 11) is 1.56. The Morgan fingerprint density at radius 1 is 1.41 bits per heavy atom. The van der Waals surface area contributed by atoms with Crippen LogP contribution in [0.3, 0.4) is 0 Å². The van der Waals surface area contributed by atoms with Crippen molar-refractivity contribution < 1.29 is 9.66 Å². The molecular formula is C12H14BrNO3. The van der Waals surface area contributed by atoms with Crippen molar-refractivity contribution >= 4 is 21.6 Å². The Kier molecular flexibility index (Phi) is 3.66. The van der Waals surface area contributed by atoms with Crippen LogP contribution in [0.5, 0.6) is 5.75 Å². The van der Waals surface area contributed by atoms with Crippen LogP contribution >= 0.6 is 15.9 Å². The van der Waals surface area contributed by atoms with Gasteiger partial charge in [-0.2, -0.15) is 0 Å². The molecule has 0 N–H and O–H groups in total. The van der Waals surface area contributed by atoms with Crippen LogP contribution in [-0.4, -0.2) is 12.0 Å². The first-order chi connectivity index (χ1) is 8.13. The van der Waals surface area contributed by atoms with Crippen molar-refractivity contribution in [3.63, 3.8) is 0 Å². The first kappa shape index (κ1) is 12.4. The summed E-state index contributed by atoms with van der Waals surface area (Å²) < 4.78 is 5.81. The predicted molar refractivity (Wildman–Crippen MR) is 68.6 cm³/mol. The molecular weight excluding hydrogens is 286 g/mol. The molecule has 1 aromatic carbocycles. The molecule has 0 bridgehead atoms. The van der Waals surface area contributed by atoms with Gasteiger partial charge in [0.2, 0.25) is 0 Å². The van der Waals surface area contributed by atoms with Gasteiger partial charge >= 0.3 is 0 Å².